The Morgan fingerprint density at radius 1 is 0.556 bits per heavy atom. The number of hydrogen-bond acceptors (Lipinski definition) is 2. The van der Waals surface area contributed by atoms with Gasteiger partial charge in [-0.25, -0.2) is 4.79 Å². The zero-order valence-corrected chi connectivity index (χ0v) is 23.8. The predicted molar refractivity (Wildman–Crippen MR) is 158 cm³/mol. The van der Waals surface area contributed by atoms with Crippen molar-refractivity contribution in [2.75, 3.05) is 0 Å². The zero-order chi connectivity index (χ0) is 25.8. The summed E-state index contributed by atoms with van der Waals surface area (Å²) in [5.41, 5.74) is 0. The fourth-order valence-corrected chi connectivity index (χ4v) is 4.87. The third-order valence-electron chi connectivity index (χ3n) is 7.19. The first-order valence-corrected chi connectivity index (χ1v) is 15.8. The molecule has 206 valence electrons. The highest BCUT2D eigenvalue weighted by atomic mass is 16.5. The SMILES string of the molecule is CCCCCCCCCCCCCCCCCCCCCCCCCC=CC(=O)Oc1ccccc1. The van der Waals surface area contributed by atoms with Gasteiger partial charge in [0.25, 0.3) is 0 Å². The molecule has 0 heterocycles. The molecule has 0 N–H and O–H groups in total. The molecule has 0 amide bonds. The molecule has 0 bridgehead atoms. The Balaban J connectivity index is 1.70. The lowest BCUT2D eigenvalue weighted by atomic mass is 10.0. The average Bonchev–Trinajstić information content (AvgIpc) is 2.89. The Bertz CT molecular complexity index is 607. The Hall–Kier alpha value is -1.57. The second-order valence-corrected chi connectivity index (χ2v) is 10.7. The number of para-hydroxylation sites is 1. The van der Waals surface area contributed by atoms with E-state index in [1.165, 1.54) is 141 Å². The molecule has 1 rings (SSSR count). The van der Waals surface area contributed by atoms with Gasteiger partial charge in [0.05, 0.1) is 0 Å². The van der Waals surface area contributed by atoms with E-state index in [1.54, 1.807) is 18.2 Å². The van der Waals surface area contributed by atoms with E-state index in [1.807, 2.05) is 24.3 Å². The van der Waals surface area contributed by atoms with Crippen molar-refractivity contribution in [3.05, 3.63) is 42.5 Å². The predicted octanol–water partition coefficient (Wildman–Crippen LogP) is 11.5. The smallest absolute Gasteiger partial charge is 0.335 e. The molecular weight excluding hydrogens is 440 g/mol. The number of ether oxygens (including phenoxy) is 1. The van der Waals surface area contributed by atoms with Crippen LogP contribution in [-0.2, 0) is 4.79 Å². The molecular formula is C34H58O2. The van der Waals surface area contributed by atoms with Crippen molar-refractivity contribution in [3.63, 3.8) is 0 Å². The third-order valence-corrected chi connectivity index (χ3v) is 7.19. The van der Waals surface area contributed by atoms with Gasteiger partial charge < -0.3 is 4.74 Å². The monoisotopic (exact) mass is 498 g/mol. The maximum atomic E-state index is 11.7. The summed E-state index contributed by atoms with van der Waals surface area (Å²) in [6.45, 7) is 2.30. The molecule has 0 saturated carbocycles. The summed E-state index contributed by atoms with van der Waals surface area (Å²) >= 11 is 0. The molecule has 0 fully saturated rings. The number of benzene rings is 1. The van der Waals surface area contributed by atoms with Crippen LogP contribution in [0.5, 0.6) is 5.75 Å². The van der Waals surface area contributed by atoms with Crippen LogP contribution in [0.15, 0.2) is 42.5 Å². The van der Waals surface area contributed by atoms with Crippen LogP contribution in [0.1, 0.15) is 161 Å². The molecule has 0 unspecified atom stereocenters. The Morgan fingerprint density at radius 2 is 0.917 bits per heavy atom. The van der Waals surface area contributed by atoms with Crippen molar-refractivity contribution < 1.29 is 9.53 Å². The molecule has 0 spiro atoms. The van der Waals surface area contributed by atoms with Crippen LogP contribution < -0.4 is 4.74 Å². The first kappa shape index (κ1) is 32.5. The number of allylic oxidation sites excluding steroid dienone is 1. The Kier molecular flexibility index (Phi) is 23.9. The normalized spacial score (nSPS) is 11.4. The van der Waals surface area contributed by atoms with Crippen molar-refractivity contribution in [1.29, 1.82) is 0 Å². The number of rotatable bonds is 26. The fraction of sp³-hybridized carbons (Fsp3) is 0.735. The van der Waals surface area contributed by atoms with Crippen molar-refractivity contribution in [2.45, 2.75) is 161 Å². The van der Waals surface area contributed by atoms with Gasteiger partial charge in [0.2, 0.25) is 0 Å². The van der Waals surface area contributed by atoms with Crippen molar-refractivity contribution >= 4 is 5.97 Å². The lowest BCUT2D eigenvalue weighted by Crippen LogP contribution is -2.03. The average molecular weight is 499 g/mol. The minimum absolute atomic E-state index is 0.282. The number of unbranched alkanes of at least 4 members (excludes halogenated alkanes) is 23. The summed E-state index contributed by atoms with van der Waals surface area (Å²) in [5.74, 6) is 0.321. The van der Waals surface area contributed by atoms with Gasteiger partial charge in [-0.1, -0.05) is 172 Å². The second-order valence-electron chi connectivity index (χ2n) is 10.7. The molecule has 1 aromatic carbocycles. The van der Waals surface area contributed by atoms with E-state index in [9.17, 15) is 4.79 Å². The van der Waals surface area contributed by atoms with Crippen molar-refractivity contribution in [2.24, 2.45) is 0 Å². The van der Waals surface area contributed by atoms with Gasteiger partial charge in [0, 0.05) is 6.08 Å². The van der Waals surface area contributed by atoms with E-state index in [2.05, 4.69) is 6.92 Å². The van der Waals surface area contributed by atoms with E-state index in [-0.39, 0.29) is 5.97 Å². The molecule has 0 radical (unpaired) electrons. The maximum Gasteiger partial charge on any atom is 0.335 e. The quantitative estimate of drug-likeness (QED) is 0.0549. The summed E-state index contributed by atoms with van der Waals surface area (Å²) in [6.07, 6.45) is 37.0. The molecule has 1 aromatic rings. The minimum atomic E-state index is -0.282. The number of carbonyl (C=O) groups is 1. The van der Waals surface area contributed by atoms with Crippen LogP contribution in [0.2, 0.25) is 0 Å². The largest absolute Gasteiger partial charge is 0.423 e. The van der Waals surface area contributed by atoms with E-state index >= 15 is 0 Å². The molecule has 2 heteroatoms. The standard InChI is InChI=1S/C34H58O2/c1-2-3-4-5-6-7-8-9-10-11-12-13-14-15-16-17-18-19-20-21-22-23-24-25-29-32-34(35)36-33-30-27-26-28-31-33/h26-32H,2-25H2,1H3. The van der Waals surface area contributed by atoms with Crippen LogP contribution in [-0.4, -0.2) is 5.97 Å². The van der Waals surface area contributed by atoms with Crippen LogP contribution >= 0.6 is 0 Å². The topological polar surface area (TPSA) is 26.3 Å². The van der Waals surface area contributed by atoms with Gasteiger partial charge in [0.1, 0.15) is 5.75 Å². The van der Waals surface area contributed by atoms with Crippen LogP contribution in [0, 0.1) is 0 Å². The highest BCUT2D eigenvalue weighted by Gasteiger charge is 1.99. The summed E-state index contributed by atoms with van der Waals surface area (Å²) in [4.78, 5) is 11.7. The molecule has 0 atom stereocenters. The van der Waals surface area contributed by atoms with E-state index in [4.69, 9.17) is 4.74 Å². The van der Waals surface area contributed by atoms with Gasteiger partial charge >= 0.3 is 5.97 Å². The highest BCUT2D eigenvalue weighted by molar-refractivity contribution is 5.83. The van der Waals surface area contributed by atoms with Gasteiger partial charge in [-0.2, -0.15) is 0 Å². The summed E-state index contributed by atoms with van der Waals surface area (Å²) < 4.78 is 5.24. The van der Waals surface area contributed by atoms with Crippen LogP contribution in [0.3, 0.4) is 0 Å². The van der Waals surface area contributed by atoms with Crippen LogP contribution in [0.4, 0.5) is 0 Å². The summed E-state index contributed by atoms with van der Waals surface area (Å²) in [5, 5.41) is 0. The minimum Gasteiger partial charge on any atom is -0.423 e. The fourth-order valence-electron chi connectivity index (χ4n) is 4.87. The molecule has 0 aliphatic rings. The van der Waals surface area contributed by atoms with E-state index in [0.29, 0.717) is 5.75 Å². The molecule has 0 aliphatic heterocycles. The second kappa shape index (κ2) is 26.5. The van der Waals surface area contributed by atoms with Gasteiger partial charge in [0.15, 0.2) is 0 Å². The number of carbonyl (C=O) groups excluding carboxylic acids is 1. The molecule has 0 aliphatic carbocycles. The van der Waals surface area contributed by atoms with Crippen LogP contribution in [0.25, 0.3) is 0 Å². The third kappa shape index (κ3) is 22.9. The van der Waals surface area contributed by atoms with Gasteiger partial charge in [-0.15, -0.1) is 0 Å². The van der Waals surface area contributed by atoms with Gasteiger partial charge in [-0.05, 0) is 25.0 Å². The van der Waals surface area contributed by atoms with E-state index in [0.717, 1.165) is 12.8 Å². The summed E-state index contributed by atoms with van der Waals surface area (Å²) in [6, 6.07) is 9.24. The molecule has 0 saturated heterocycles. The van der Waals surface area contributed by atoms with Crippen molar-refractivity contribution in [3.8, 4) is 5.75 Å². The molecule has 0 aromatic heterocycles. The number of esters is 1. The summed E-state index contributed by atoms with van der Waals surface area (Å²) in [7, 11) is 0. The Labute approximate surface area is 224 Å². The first-order chi connectivity index (χ1) is 17.8. The first-order valence-electron chi connectivity index (χ1n) is 15.8. The lowest BCUT2D eigenvalue weighted by molar-refractivity contribution is -0.129. The Morgan fingerprint density at radius 3 is 1.31 bits per heavy atom. The zero-order valence-electron chi connectivity index (χ0n) is 23.8. The van der Waals surface area contributed by atoms with Gasteiger partial charge in [-0.3, -0.25) is 0 Å². The number of hydrogen-bond donors (Lipinski definition) is 0. The van der Waals surface area contributed by atoms with E-state index < -0.39 is 0 Å². The molecule has 2 nitrogen and oxygen atoms in total. The highest BCUT2D eigenvalue weighted by Crippen LogP contribution is 2.16. The maximum absolute atomic E-state index is 11.7. The lowest BCUT2D eigenvalue weighted by Gasteiger charge is -2.04. The van der Waals surface area contributed by atoms with Crippen molar-refractivity contribution in [1.82, 2.24) is 0 Å². The molecule has 36 heavy (non-hydrogen) atoms.